The lowest BCUT2D eigenvalue weighted by Gasteiger charge is -2.26. The molecule has 1 saturated heterocycles. The van der Waals surface area contributed by atoms with Gasteiger partial charge in [0, 0.05) is 18.7 Å². The Bertz CT molecular complexity index is 1490. The van der Waals surface area contributed by atoms with Gasteiger partial charge < -0.3 is 14.1 Å². The van der Waals surface area contributed by atoms with E-state index in [4.69, 9.17) is 9.15 Å². The molecule has 0 unspecified atom stereocenters. The number of nitrogens with one attached hydrogen (secondary N) is 1. The third-order valence-electron chi connectivity index (χ3n) is 5.39. The van der Waals surface area contributed by atoms with Crippen molar-refractivity contribution in [3.63, 3.8) is 0 Å². The van der Waals surface area contributed by atoms with Crippen molar-refractivity contribution < 1.29 is 17.6 Å². The number of fused-ring (bicyclic) bond motifs is 1. The fourth-order valence-electron chi connectivity index (χ4n) is 3.60. The molecule has 2 aromatic carbocycles. The van der Waals surface area contributed by atoms with Crippen LogP contribution in [0.4, 0.5) is 0 Å². The third-order valence-corrected chi connectivity index (χ3v) is 8.23. The zero-order valence-electron chi connectivity index (χ0n) is 18.2. The highest BCUT2D eigenvalue weighted by Crippen LogP contribution is 2.34. The van der Waals surface area contributed by atoms with E-state index >= 15 is 0 Å². The quantitative estimate of drug-likeness (QED) is 0.398. The van der Waals surface area contributed by atoms with Gasteiger partial charge in [0.05, 0.1) is 34.3 Å². The zero-order valence-corrected chi connectivity index (χ0v) is 19.8. The Kier molecular flexibility index (Phi) is 6.21. The summed E-state index contributed by atoms with van der Waals surface area (Å²) in [6.07, 6.45) is 0. The van der Waals surface area contributed by atoms with E-state index in [2.05, 4.69) is 20.2 Å². The van der Waals surface area contributed by atoms with Gasteiger partial charge >= 0.3 is 0 Å². The first-order valence-corrected chi connectivity index (χ1v) is 12.9. The van der Waals surface area contributed by atoms with E-state index in [0.717, 1.165) is 0 Å². The smallest absolute Gasteiger partial charge is 0.277 e. The molecular formula is C22H21N5O5S2. The number of para-hydroxylation sites is 1. The topological polar surface area (TPSA) is 131 Å². The predicted molar refractivity (Wildman–Crippen MR) is 126 cm³/mol. The second kappa shape index (κ2) is 9.29. The van der Waals surface area contributed by atoms with Crippen LogP contribution in [0.5, 0.6) is 0 Å². The summed E-state index contributed by atoms with van der Waals surface area (Å²) in [5.74, 6) is 0.695. The molecule has 0 aliphatic carbocycles. The predicted octanol–water partition coefficient (Wildman–Crippen LogP) is 2.85. The average molecular weight is 500 g/mol. The number of aromatic amines is 1. The summed E-state index contributed by atoms with van der Waals surface area (Å²) >= 11 is 1.25. The Morgan fingerprint density at radius 3 is 2.71 bits per heavy atom. The maximum atomic E-state index is 13.0. The molecule has 0 amide bonds. The van der Waals surface area contributed by atoms with Crippen molar-refractivity contribution in [1.29, 1.82) is 0 Å². The second-order valence-corrected chi connectivity index (χ2v) is 10.9. The molecule has 0 saturated carbocycles. The molecule has 0 radical (unpaired) electrons. The minimum absolute atomic E-state index is 0.158. The van der Waals surface area contributed by atoms with Crippen LogP contribution >= 0.6 is 11.8 Å². The first kappa shape index (κ1) is 22.7. The van der Waals surface area contributed by atoms with Gasteiger partial charge in [-0.2, -0.15) is 4.31 Å². The van der Waals surface area contributed by atoms with E-state index in [1.165, 1.54) is 22.1 Å². The van der Waals surface area contributed by atoms with Crippen molar-refractivity contribution in [2.45, 2.75) is 22.3 Å². The van der Waals surface area contributed by atoms with E-state index < -0.39 is 10.0 Å². The molecule has 2 aromatic heterocycles. The van der Waals surface area contributed by atoms with Gasteiger partial charge in [-0.3, -0.25) is 4.79 Å². The molecule has 4 aromatic rings. The van der Waals surface area contributed by atoms with E-state index in [1.807, 2.05) is 13.0 Å². The zero-order chi connectivity index (χ0) is 23.7. The van der Waals surface area contributed by atoms with E-state index in [9.17, 15) is 13.2 Å². The molecule has 5 rings (SSSR count). The molecular weight excluding hydrogens is 478 g/mol. The molecule has 0 bridgehead atoms. The van der Waals surface area contributed by atoms with Gasteiger partial charge in [0.15, 0.2) is 0 Å². The summed E-state index contributed by atoms with van der Waals surface area (Å²) < 4.78 is 38.4. The third kappa shape index (κ3) is 4.49. The van der Waals surface area contributed by atoms with Gasteiger partial charge in [-0.05, 0) is 37.3 Å². The number of rotatable bonds is 6. The van der Waals surface area contributed by atoms with Crippen LogP contribution in [0.15, 0.2) is 67.9 Å². The first-order chi connectivity index (χ1) is 16.4. The first-order valence-electron chi connectivity index (χ1n) is 10.6. The number of morpholine rings is 1. The molecule has 12 heteroatoms. The number of H-pyrrole nitrogens is 1. The van der Waals surface area contributed by atoms with Crippen LogP contribution < -0.4 is 5.56 Å². The largest absolute Gasteiger partial charge is 0.411 e. The summed E-state index contributed by atoms with van der Waals surface area (Å²) in [6.45, 7) is 3.25. The van der Waals surface area contributed by atoms with Gasteiger partial charge in [-0.15, -0.1) is 10.2 Å². The lowest BCUT2D eigenvalue weighted by molar-refractivity contribution is 0.0730. The lowest BCUT2D eigenvalue weighted by Crippen LogP contribution is -2.40. The van der Waals surface area contributed by atoms with Gasteiger partial charge in [-0.1, -0.05) is 30.0 Å². The maximum Gasteiger partial charge on any atom is 0.277 e. The van der Waals surface area contributed by atoms with Gasteiger partial charge in [0.2, 0.25) is 15.9 Å². The van der Waals surface area contributed by atoms with Crippen LogP contribution in [-0.2, 0) is 14.8 Å². The van der Waals surface area contributed by atoms with Crippen LogP contribution in [0.1, 0.15) is 18.0 Å². The molecule has 10 nitrogen and oxygen atoms in total. The standard InChI is InChI=1S/C22H21N5O5S2/c1-14(19-23-18-8-3-2-7-17(18)20(28)24-19)33-22-26-25-21(32-22)15-5-4-6-16(13-15)34(29,30)27-9-11-31-12-10-27/h2-8,13-14H,9-12H2,1H3,(H,23,24,28)/t14-/m0/s1. The number of ether oxygens (including phenoxy) is 1. The maximum absolute atomic E-state index is 13.0. The average Bonchev–Trinajstić information content (AvgIpc) is 3.33. The molecule has 0 spiro atoms. The summed E-state index contributed by atoms with van der Waals surface area (Å²) in [7, 11) is -3.65. The molecule has 1 aliphatic heterocycles. The molecule has 176 valence electrons. The number of benzene rings is 2. The fourth-order valence-corrected chi connectivity index (χ4v) is 5.80. The Hall–Kier alpha value is -3.06. The molecule has 34 heavy (non-hydrogen) atoms. The van der Waals surface area contributed by atoms with E-state index in [-0.39, 0.29) is 26.8 Å². The fraction of sp³-hybridized carbons (Fsp3) is 0.273. The van der Waals surface area contributed by atoms with Gasteiger partial charge in [0.25, 0.3) is 10.8 Å². The summed E-state index contributed by atoms with van der Waals surface area (Å²) in [5, 5.41) is 8.69. The van der Waals surface area contributed by atoms with E-state index in [1.54, 1.807) is 36.4 Å². The Morgan fingerprint density at radius 1 is 1.09 bits per heavy atom. The monoisotopic (exact) mass is 499 g/mol. The Balaban J connectivity index is 1.36. The minimum Gasteiger partial charge on any atom is -0.411 e. The SMILES string of the molecule is C[C@H](Sc1nnc(-c2cccc(S(=O)(=O)N3CCOCC3)c2)o1)c1nc2ccccc2c(=O)[nH]1. The Labute approximate surface area is 199 Å². The van der Waals surface area contributed by atoms with Crippen LogP contribution in [0.2, 0.25) is 0 Å². The number of hydrogen-bond acceptors (Lipinski definition) is 9. The van der Waals surface area contributed by atoms with Crippen LogP contribution in [-0.4, -0.2) is 59.2 Å². The van der Waals surface area contributed by atoms with Crippen molar-refractivity contribution in [1.82, 2.24) is 24.5 Å². The highest BCUT2D eigenvalue weighted by Gasteiger charge is 2.27. The van der Waals surface area contributed by atoms with Crippen molar-refractivity contribution in [3.8, 4) is 11.5 Å². The molecule has 1 aliphatic rings. The van der Waals surface area contributed by atoms with Crippen molar-refractivity contribution >= 4 is 32.7 Å². The van der Waals surface area contributed by atoms with Gasteiger partial charge in [-0.25, -0.2) is 13.4 Å². The highest BCUT2D eigenvalue weighted by molar-refractivity contribution is 7.99. The molecule has 3 heterocycles. The lowest BCUT2D eigenvalue weighted by atomic mass is 10.2. The molecule has 1 atom stereocenters. The van der Waals surface area contributed by atoms with Crippen LogP contribution in [0, 0.1) is 0 Å². The number of hydrogen-bond donors (Lipinski definition) is 1. The second-order valence-electron chi connectivity index (χ2n) is 7.65. The number of aromatic nitrogens is 4. The van der Waals surface area contributed by atoms with E-state index in [0.29, 0.717) is 48.6 Å². The van der Waals surface area contributed by atoms with Crippen LogP contribution in [0.3, 0.4) is 0 Å². The highest BCUT2D eigenvalue weighted by atomic mass is 32.2. The summed E-state index contributed by atoms with van der Waals surface area (Å²) in [4.78, 5) is 19.9. The van der Waals surface area contributed by atoms with Crippen molar-refractivity contribution in [2.24, 2.45) is 0 Å². The summed E-state index contributed by atoms with van der Waals surface area (Å²) in [5.41, 5.74) is 0.898. The number of thioether (sulfide) groups is 1. The number of sulfonamides is 1. The summed E-state index contributed by atoms with van der Waals surface area (Å²) in [6, 6.07) is 13.6. The van der Waals surface area contributed by atoms with Crippen LogP contribution in [0.25, 0.3) is 22.4 Å². The Morgan fingerprint density at radius 2 is 1.88 bits per heavy atom. The van der Waals surface area contributed by atoms with Crippen molar-refractivity contribution in [3.05, 3.63) is 64.7 Å². The normalized spacial score (nSPS) is 16.0. The van der Waals surface area contributed by atoms with Gasteiger partial charge in [0.1, 0.15) is 5.82 Å². The molecule has 1 N–H and O–H groups in total. The molecule has 1 fully saturated rings. The number of nitrogens with zero attached hydrogens (tertiary/aromatic N) is 4. The minimum atomic E-state index is -3.65. The van der Waals surface area contributed by atoms with Crippen molar-refractivity contribution in [2.75, 3.05) is 26.3 Å².